The Morgan fingerprint density at radius 3 is 2.47 bits per heavy atom. The van der Waals surface area contributed by atoms with Gasteiger partial charge in [-0.2, -0.15) is 5.26 Å². The summed E-state index contributed by atoms with van der Waals surface area (Å²) in [5, 5.41) is 9.10. The molecule has 0 N–H and O–H groups in total. The number of hydrogen-bond donors (Lipinski definition) is 0. The van der Waals surface area contributed by atoms with Gasteiger partial charge in [0, 0.05) is 18.8 Å². The van der Waals surface area contributed by atoms with Crippen molar-refractivity contribution in [3.05, 3.63) is 23.0 Å². The van der Waals surface area contributed by atoms with Gasteiger partial charge in [0.15, 0.2) is 0 Å². The van der Waals surface area contributed by atoms with Crippen LogP contribution in [0.25, 0.3) is 0 Å². The molecule has 0 radical (unpaired) electrons. The Morgan fingerprint density at radius 1 is 1.40 bits per heavy atom. The lowest BCUT2D eigenvalue weighted by Gasteiger charge is -2.25. The first-order valence-electron chi connectivity index (χ1n) is 5.08. The van der Waals surface area contributed by atoms with E-state index in [9.17, 15) is 0 Å². The van der Waals surface area contributed by atoms with Crippen LogP contribution in [0.4, 0.5) is 5.69 Å². The van der Waals surface area contributed by atoms with E-state index in [1.54, 1.807) is 0 Å². The molecular formula is C12H17N3. The molecule has 3 heteroatoms. The Hall–Kier alpha value is -1.56. The number of hydrogen-bond acceptors (Lipinski definition) is 3. The van der Waals surface area contributed by atoms with Gasteiger partial charge in [-0.3, -0.25) is 4.98 Å². The van der Waals surface area contributed by atoms with Gasteiger partial charge in [0.05, 0.1) is 16.9 Å². The molecule has 0 saturated carbocycles. The van der Waals surface area contributed by atoms with Gasteiger partial charge in [-0.25, -0.2) is 0 Å². The lowest BCUT2D eigenvalue weighted by molar-refractivity contribution is 0.751. The van der Waals surface area contributed by atoms with Crippen molar-refractivity contribution in [2.75, 3.05) is 11.9 Å². The monoisotopic (exact) mass is 203 g/mol. The molecule has 1 heterocycles. The van der Waals surface area contributed by atoms with Crippen molar-refractivity contribution < 1.29 is 0 Å². The lowest BCUT2D eigenvalue weighted by atomic mass is 10.1. The number of nitriles is 1. The largest absolute Gasteiger partial charge is 0.371 e. The molecule has 1 aromatic rings. The van der Waals surface area contributed by atoms with Crippen LogP contribution in [0.15, 0.2) is 6.07 Å². The summed E-state index contributed by atoms with van der Waals surface area (Å²) in [6, 6.07) is 4.56. The third-order valence-corrected chi connectivity index (χ3v) is 2.57. The van der Waals surface area contributed by atoms with E-state index in [2.05, 4.69) is 29.8 Å². The minimum Gasteiger partial charge on any atom is -0.371 e. The first-order chi connectivity index (χ1) is 6.97. The van der Waals surface area contributed by atoms with E-state index in [4.69, 9.17) is 5.26 Å². The predicted molar refractivity (Wildman–Crippen MR) is 62.0 cm³/mol. The van der Waals surface area contributed by atoms with E-state index in [0.29, 0.717) is 11.6 Å². The molecule has 0 atom stereocenters. The first-order valence-corrected chi connectivity index (χ1v) is 5.08. The maximum atomic E-state index is 9.10. The fourth-order valence-electron chi connectivity index (χ4n) is 1.50. The SMILES string of the molecule is Cc1cc(N(C)C(C)C)c(C#N)c(C)n1. The Balaban J connectivity index is 3.34. The van der Waals surface area contributed by atoms with Crippen molar-refractivity contribution in [2.24, 2.45) is 0 Å². The molecule has 0 aromatic carbocycles. The summed E-state index contributed by atoms with van der Waals surface area (Å²) in [6.07, 6.45) is 0. The van der Waals surface area contributed by atoms with E-state index in [1.807, 2.05) is 27.0 Å². The second-order valence-corrected chi connectivity index (χ2v) is 4.06. The van der Waals surface area contributed by atoms with Crippen LogP contribution in [0.5, 0.6) is 0 Å². The van der Waals surface area contributed by atoms with E-state index < -0.39 is 0 Å². The fourth-order valence-corrected chi connectivity index (χ4v) is 1.50. The van der Waals surface area contributed by atoms with Crippen molar-refractivity contribution in [3.63, 3.8) is 0 Å². The predicted octanol–water partition coefficient (Wildman–Crippen LogP) is 2.41. The van der Waals surface area contributed by atoms with Crippen molar-refractivity contribution in [1.82, 2.24) is 4.98 Å². The van der Waals surface area contributed by atoms with Gasteiger partial charge in [-0.1, -0.05) is 0 Å². The summed E-state index contributed by atoms with van der Waals surface area (Å²) < 4.78 is 0. The zero-order valence-corrected chi connectivity index (χ0v) is 10.00. The van der Waals surface area contributed by atoms with Crippen molar-refractivity contribution >= 4 is 5.69 Å². The highest BCUT2D eigenvalue weighted by Gasteiger charge is 2.13. The Kier molecular flexibility index (Phi) is 3.31. The minimum absolute atomic E-state index is 0.373. The summed E-state index contributed by atoms with van der Waals surface area (Å²) >= 11 is 0. The molecule has 0 fully saturated rings. The van der Waals surface area contributed by atoms with Crippen molar-refractivity contribution in [1.29, 1.82) is 5.26 Å². The van der Waals surface area contributed by atoms with Crippen LogP contribution >= 0.6 is 0 Å². The molecule has 0 bridgehead atoms. The molecule has 0 spiro atoms. The third-order valence-electron chi connectivity index (χ3n) is 2.57. The molecule has 0 aliphatic carbocycles. The molecule has 1 aromatic heterocycles. The van der Waals surface area contributed by atoms with E-state index in [0.717, 1.165) is 17.1 Å². The lowest BCUT2D eigenvalue weighted by Crippen LogP contribution is -2.27. The molecule has 0 unspecified atom stereocenters. The average molecular weight is 203 g/mol. The maximum absolute atomic E-state index is 9.10. The number of aryl methyl sites for hydroxylation is 2. The highest BCUT2D eigenvalue weighted by atomic mass is 15.1. The molecule has 80 valence electrons. The molecule has 0 saturated heterocycles. The van der Waals surface area contributed by atoms with Crippen LogP contribution in [0.2, 0.25) is 0 Å². The van der Waals surface area contributed by atoms with E-state index in [1.165, 1.54) is 0 Å². The maximum Gasteiger partial charge on any atom is 0.103 e. The number of anilines is 1. The standard InChI is InChI=1S/C12H17N3/c1-8(2)15(5)12-6-9(3)14-10(4)11(12)7-13/h6,8H,1-5H3. The topological polar surface area (TPSA) is 39.9 Å². The van der Waals surface area contributed by atoms with E-state index in [-0.39, 0.29) is 0 Å². The normalized spacial score (nSPS) is 10.2. The van der Waals surface area contributed by atoms with Crippen LogP contribution < -0.4 is 4.90 Å². The Bertz CT molecular complexity index is 402. The second-order valence-electron chi connectivity index (χ2n) is 4.06. The number of aromatic nitrogens is 1. The Labute approximate surface area is 91.4 Å². The Morgan fingerprint density at radius 2 is 2.00 bits per heavy atom. The molecular weight excluding hydrogens is 186 g/mol. The van der Waals surface area contributed by atoms with Crippen molar-refractivity contribution in [2.45, 2.75) is 33.7 Å². The number of rotatable bonds is 2. The zero-order chi connectivity index (χ0) is 11.6. The van der Waals surface area contributed by atoms with Crippen LogP contribution in [0, 0.1) is 25.2 Å². The molecule has 1 rings (SSSR count). The van der Waals surface area contributed by atoms with E-state index >= 15 is 0 Å². The smallest absolute Gasteiger partial charge is 0.103 e. The summed E-state index contributed by atoms with van der Waals surface area (Å²) in [6.45, 7) is 8.04. The fraction of sp³-hybridized carbons (Fsp3) is 0.500. The summed E-state index contributed by atoms with van der Waals surface area (Å²) in [4.78, 5) is 6.40. The van der Waals surface area contributed by atoms with Crippen LogP contribution in [-0.4, -0.2) is 18.1 Å². The average Bonchev–Trinajstić information content (AvgIpc) is 2.15. The van der Waals surface area contributed by atoms with Gasteiger partial charge >= 0.3 is 0 Å². The van der Waals surface area contributed by atoms with Gasteiger partial charge in [-0.15, -0.1) is 0 Å². The third kappa shape index (κ3) is 2.27. The van der Waals surface area contributed by atoms with Gasteiger partial charge in [-0.05, 0) is 33.8 Å². The second kappa shape index (κ2) is 4.31. The highest BCUT2D eigenvalue weighted by Crippen LogP contribution is 2.23. The number of pyridine rings is 1. The van der Waals surface area contributed by atoms with Gasteiger partial charge in [0.25, 0.3) is 0 Å². The first kappa shape index (κ1) is 11.5. The van der Waals surface area contributed by atoms with Gasteiger partial charge < -0.3 is 4.90 Å². The molecule has 15 heavy (non-hydrogen) atoms. The number of nitrogens with zero attached hydrogens (tertiary/aromatic N) is 3. The van der Waals surface area contributed by atoms with Gasteiger partial charge in [0.2, 0.25) is 0 Å². The van der Waals surface area contributed by atoms with Crippen LogP contribution in [0.3, 0.4) is 0 Å². The molecule has 3 nitrogen and oxygen atoms in total. The zero-order valence-electron chi connectivity index (χ0n) is 10.00. The molecule has 0 amide bonds. The summed E-state index contributed by atoms with van der Waals surface area (Å²) in [5.41, 5.74) is 3.41. The van der Waals surface area contributed by atoms with Crippen LogP contribution in [0.1, 0.15) is 30.8 Å². The minimum atomic E-state index is 0.373. The molecule has 0 aliphatic rings. The summed E-state index contributed by atoms with van der Waals surface area (Å²) in [5.74, 6) is 0. The van der Waals surface area contributed by atoms with Crippen molar-refractivity contribution in [3.8, 4) is 6.07 Å². The van der Waals surface area contributed by atoms with Crippen LogP contribution in [-0.2, 0) is 0 Å². The van der Waals surface area contributed by atoms with Gasteiger partial charge in [0.1, 0.15) is 6.07 Å². The summed E-state index contributed by atoms with van der Waals surface area (Å²) in [7, 11) is 2.00. The molecule has 0 aliphatic heterocycles. The quantitative estimate of drug-likeness (QED) is 0.741. The highest BCUT2D eigenvalue weighted by molar-refractivity contribution is 5.61.